The van der Waals surface area contributed by atoms with E-state index < -0.39 is 0 Å². The molecule has 0 atom stereocenters. The first-order chi connectivity index (χ1) is 18.0. The van der Waals surface area contributed by atoms with Crippen LogP contribution in [-0.2, 0) is 17.9 Å². The van der Waals surface area contributed by atoms with Crippen LogP contribution in [0.15, 0.2) is 41.8 Å². The lowest BCUT2D eigenvalue weighted by Gasteiger charge is -2.43. The normalized spacial score (nSPS) is 19.6. The molecule has 0 amide bonds. The number of hydrogen-bond acceptors (Lipinski definition) is 7. The van der Waals surface area contributed by atoms with Crippen molar-refractivity contribution in [3.8, 4) is 17.0 Å². The Morgan fingerprint density at radius 3 is 2.65 bits per heavy atom. The molecule has 6 rings (SSSR count). The predicted octanol–water partition coefficient (Wildman–Crippen LogP) is 5.05. The van der Waals surface area contributed by atoms with Crippen LogP contribution in [0.4, 0.5) is 5.13 Å². The van der Waals surface area contributed by atoms with E-state index in [1.54, 1.807) is 11.3 Å². The summed E-state index contributed by atoms with van der Waals surface area (Å²) in [5.41, 5.74) is 7.24. The second-order valence-corrected chi connectivity index (χ2v) is 11.9. The Morgan fingerprint density at radius 1 is 1.11 bits per heavy atom. The van der Waals surface area contributed by atoms with Gasteiger partial charge >= 0.3 is 0 Å². The maximum atomic E-state index is 9.74. The van der Waals surface area contributed by atoms with E-state index in [9.17, 15) is 5.11 Å². The summed E-state index contributed by atoms with van der Waals surface area (Å²) < 4.78 is 11.9. The first kappa shape index (κ1) is 24.9. The zero-order chi connectivity index (χ0) is 25.4. The van der Waals surface area contributed by atoms with E-state index in [0.717, 1.165) is 68.1 Å². The number of anilines is 1. The molecule has 0 spiro atoms. The zero-order valence-electron chi connectivity index (χ0n) is 21.9. The quantitative estimate of drug-likeness (QED) is 0.427. The molecule has 3 aromatic rings. The minimum atomic E-state index is 0.201. The standard InChI is InChI=1S/C30H37N3O3S/c1-21-3-6-28(36-18-24-5-4-23(14-22(24)2)15-32-9-11-35-12-10-32)26(13-21)27-19-37-29(31-27)33-16-25(17-33)30(20-34)7-8-30/h3-6,13-14,19,25,34H,7-12,15-18,20H2,1-2H3. The molecule has 3 aliphatic rings. The van der Waals surface area contributed by atoms with Gasteiger partial charge in [-0.3, -0.25) is 4.90 Å². The summed E-state index contributed by atoms with van der Waals surface area (Å²) in [5.74, 6) is 1.48. The van der Waals surface area contributed by atoms with Crippen LogP contribution in [0.25, 0.3) is 11.3 Å². The molecule has 1 aliphatic carbocycles. The molecule has 7 heteroatoms. The molecule has 3 fully saturated rings. The molecule has 6 nitrogen and oxygen atoms in total. The van der Waals surface area contributed by atoms with Gasteiger partial charge in [-0.05, 0) is 60.9 Å². The molecule has 1 N–H and O–H groups in total. The Hall–Kier alpha value is -2.45. The number of aliphatic hydroxyl groups excluding tert-OH is 1. The molecule has 0 bridgehead atoms. The lowest BCUT2D eigenvalue weighted by atomic mass is 9.84. The van der Waals surface area contributed by atoms with Gasteiger partial charge in [0.2, 0.25) is 0 Å². The third-order valence-electron chi connectivity index (χ3n) is 8.43. The molecular weight excluding hydrogens is 482 g/mol. The van der Waals surface area contributed by atoms with E-state index >= 15 is 0 Å². The smallest absolute Gasteiger partial charge is 0.185 e. The number of aliphatic hydroxyl groups is 1. The van der Waals surface area contributed by atoms with Crippen molar-refractivity contribution in [3.05, 3.63) is 64.0 Å². The first-order valence-corrected chi connectivity index (χ1v) is 14.3. The predicted molar refractivity (Wildman–Crippen MR) is 148 cm³/mol. The van der Waals surface area contributed by atoms with E-state index in [2.05, 4.69) is 65.4 Å². The van der Waals surface area contributed by atoms with Crippen LogP contribution in [-0.4, -0.2) is 61.0 Å². The van der Waals surface area contributed by atoms with Gasteiger partial charge in [-0.2, -0.15) is 0 Å². The lowest BCUT2D eigenvalue weighted by Crippen LogP contribution is -2.51. The van der Waals surface area contributed by atoms with Crippen molar-refractivity contribution in [2.45, 2.75) is 39.8 Å². The van der Waals surface area contributed by atoms with Gasteiger partial charge in [0.1, 0.15) is 12.4 Å². The van der Waals surface area contributed by atoms with Gasteiger partial charge < -0.3 is 19.5 Å². The number of thiazole rings is 1. The molecule has 1 saturated carbocycles. The van der Waals surface area contributed by atoms with Crippen LogP contribution in [0, 0.1) is 25.2 Å². The average molecular weight is 520 g/mol. The molecule has 0 radical (unpaired) electrons. The van der Waals surface area contributed by atoms with Crippen molar-refractivity contribution in [2.75, 3.05) is 50.9 Å². The summed E-state index contributed by atoms with van der Waals surface area (Å²) in [6.45, 7) is 11.8. The minimum absolute atomic E-state index is 0.201. The maximum Gasteiger partial charge on any atom is 0.185 e. The first-order valence-electron chi connectivity index (χ1n) is 13.5. The number of aromatic nitrogens is 1. The Labute approximate surface area is 223 Å². The van der Waals surface area contributed by atoms with Crippen molar-refractivity contribution >= 4 is 16.5 Å². The molecule has 2 saturated heterocycles. The van der Waals surface area contributed by atoms with Crippen molar-refractivity contribution < 1.29 is 14.6 Å². The highest BCUT2D eigenvalue weighted by molar-refractivity contribution is 7.14. The summed E-state index contributed by atoms with van der Waals surface area (Å²) >= 11 is 1.70. The fourth-order valence-electron chi connectivity index (χ4n) is 5.57. The van der Waals surface area contributed by atoms with Crippen molar-refractivity contribution in [1.82, 2.24) is 9.88 Å². The number of morpholine rings is 1. The lowest BCUT2D eigenvalue weighted by molar-refractivity contribution is 0.0342. The Balaban J connectivity index is 1.12. The molecule has 196 valence electrons. The molecular formula is C30H37N3O3S. The van der Waals surface area contributed by atoms with E-state index in [1.165, 1.54) is 35.1 Å². The number of hydrogen-bond donors (Lipinski definition) is 1. The van der Waals surface area contributed by atoms with Crippen LogP contribution in [0.3, 0.4) is 0 Å². The molecule has 1 aromatic heterocycles. The summed E-state index contributed by atoms with van der Waals surface area (Å²) in [4.78, 5) is 9.80. The molecule has 2 aliphatic heterocycles. The second-order valence-electron chi connectivity index (χ2n) is 11.1. The van der Waals surface area contributed by atoms with Gasteiger partial charge in [-0.15, -0.1) is 11.3 Å². The van der Waals surface area contributed by atoms with E-state index in [-0.39, 0.29) is 5.41 Å². The van der Waals surface area contributed by atoms with Crippen LogP contribution in [0.2, 0.25) is 0 Å². The number of ether oxygens (including phenoxy) is 2. The molecule has 2 aromatic carbocycles. The van der Waals surface area contributed by atoms with Gasteiger partial charge in [-0.1, -0.05) is 29.8 Å². The van der Waals surface area contributed by atoms with Crippen molar-refractivity contribution in [3.63, 3.8) is 0 Å². The van der Waals surface area contributed by atoms with E-state index in [1.807, 2.05) is 0 Å². The number of rotatable bonds is 9. The van der Waals surface area contributed by atoms with Crippen LogP contribution in [0.1, 0.15) is 35.1 Å². The van der Waals surface area contributed by atoms with Crippen LogP contribution >= 0.6 is 11.3 Å². The van der Waals surface area contributed by atoms with Gasteiger partial charge in [0.05, 0.1) is 18.9 Å². The summed E-state index contributed by atoms with van der Waals surface area (Å²) in [7, 11) is 0. The maximum absolute atomic E-state index is 9.74. The number of nitrogens with zero attached hydrogens (tertiary/aromatic N) is 3. The largest absolute Gasteiger partial charge is 0.488 e. The van der Waals surface area contributed by atoms with Crippen molar-refractivity contribution in [1.29, 1.82) is 0 Å². The van der Waals surface area contributed by atoms with Crippen LogP contribution < -0.4 is 9.64 Å². The highest BCUT2D eigenvalue weighted by atomic mass is 32.1. The van der Waals surface area contributed by atoms with Gasteiger partial charge in [-0.25, -0.2) is 4.98 Å². The van der Waals surface area contributed by atoms with E-state index in [0.29, 0.717) is 19.1 Å². The Kier molecular flexibility index (Phi) is 6.97. The fourth-order valence-corrected chi connectivity index (χ4v) is 6.42. The van der Waals surface area contributed by atoms with Gasteiger partial charge in [0.15, 0.2) is 5.13 Å². The highest BCUT2D eigenvalue weighted by Crippen LogP contribution is 2.55. The average Bonchev–Trinajstić information content (AvgIpc) is 3.51. The number of benzene rings is 2. The molecule has 0 unspecified atom stereocenters. The summed E-state index contributed by atoms with van der Waals surface area (Å²) in [6.07, 6.45) is 2.34. The number of aryl methyl sites for hydroxylation is 2. The zero-order valence-corrected chi connectivity index (χ0v) is 22.7. The Bertz CT molecular complexity index is 1240. The minimum Gasteiger partial charge on any atom is -0.488 e. The second kappa shape index (κ2) is 10.4. The van der Waals surface area contributed by atoms with Crippen molar-refractivity contribution in [2.24, 2.45) is 11.3 Å². The Morgan fingerprint density at radius 2 is 1.92 bits per heavy atom. The van der Waals surface area contributed by atoms with Crippen LogP contribution in [0.5, 0.6) is 5.75 Å². The van der Waals surface area contributed by atoms with Gasteiger partial charge in [0.25, 0.3) is 0 Å². The topological polar surface area (TPSA) is 58.1 Å². The summed E-state index contributed by atoms with van der Waals surface area (Å²) in [6, 6.07) is 13.1. The molecule has 37 heavy (non-hydrogen) atoms. The third-order valence-corrected chi connectivity index (χ3v) is 9.33. The SMILES string of the molecule is Cc1ccc(OCc2ccc(CN3CCOCC3)cc2C)c(-c2csc(N3CC(C4(CO)CC4)C3)n2)c1. The molecule has 3 heterocycles. The van der Waals surface area contributed by atoms with Gasteiger partial charge in [0, 0.05) is 56.2 Å². The monoisotopic (exact) mass is 519 g/mol. The van der Waals surface area contributed by atoms with E-state index in [4.69, 9.17) is 14.5 Å². The fraction of sp³-hybridized carbons (Fsp3) is 0.500. The third kappa shape index (κ3) is 5.28. The highest BCUT2D eigenvalue weighted by Gasteiger charge is 2.53. The summed E-state index contributed by atoms with van der Waals surface area (Å²) in [5, 5.41) is 13.0.